The molecule has 0 fully saturated rings. The lowest BCUT2D eigenvalue weighted by atomic mass is 10.2. The number of nitrogens with one attached hydrogen (secondary N) is 1. The second kappa shape index (κ2) is 8.09. The molecule has 8 heteroatoms. The van der Waals surface area contributed by atoms with Crippen LogP contribution in [0.5, 0.6) is 5.75 Å². The zero-order valence-corrected chi connectivity index (χ0v) is 13.6. The first-order valence-corrected chi connectivity index (χ1v) is 7.56. The van der Waals surface area contributed by atoms with Gasteiger partial charge in [-0.15, -0.1) is 5.10 Å². The Hall–Kier alpha value is -2.90. The van der Waals surface area contributed by atoms with E-state index in [1.165, 1.54) is 10.9 Å². The number of aromatic nitrogens is 3. The van der Waals surface area contributed by atoms with Crippen LogP contribution in [-0.4, -0.2) is 38.6 Å². The number of nitrogens with zero attached hydrogens (tertiary/aromatic N) is 3. The summed E-state index contributed by atoms with van der Waals surface area (Å²) in [5.41, 5.74) is 0.673. The van der Waals surface area contributed by atoms with Gasteiger partial charge < -0.3 is 15.2 Å². The van der Waals surface area contributed by atoms with Gasteiger partial charge in [0.05, 0.1) is 12.8 Å². The summed E-state index contributed by atoms with van der Waals surface area (Å²) >= 11 is 0. The van der Waals surface area contributed by atoms with Crippen LogP contribution in [0.15, 0.2) is 30.5 Å². The Balaban J connectivity index is 1.90. The third-order valence-electron chi connectivity index (χ3n) is 3.08. The van der Waals surface area contributed by atoms with Crippen molar-refractivity contribution in [3.05, 3.63) is 41.7 Å². The van der Waals surface area contributed by atoms with Crippen molar-refractivity contribution < 1.29 is 19.4 Å². The number of carbonyl (C=O) groups excluding carboxylic acids is 1. The average molecular weight is 332 g/mol. The average Bonchev–Trinajstić information content (AvgIpc) is 3.00. The lowest BCUT2D eigenvalue weighted by molar-refractivity contribution is -0.122. The molecule has 0 spiro atoms. The van der Waals surface area contributed by atoms with Crippen LogP contribution in [0.4, 0.5) is 0 Å². The molecule has 0 atom stereocenters. The smallest absolute Gasteiger partial charge is 0.358 e. The Kier molecular flexibility index (Phi) is 5.89. The Morgan fingerprint density at radius 1 is 1.33 bits per heavy atom. The zero-order valence-electron chi connectivity index (χ0n) is 13.6. The van der Waals surface area contributed by atoms with Gasteiger partial charge in [0, 0.05) is 12.1 Å². The van der Waals surface area contributed by atoms with Crippen molar-refractivity contribution >= 4 is 11.9 Å². The van der Waals surface area contributed by atoms with Crippen molar-refractivity contribution in [2.24, 2.45) is 5.92 Å². The van der Waals surface area contributed by atoms with Crippen molar-refractivity contribution in [1.82, 2.24) is 20.3 Å². The molecule has 2 N–H and O–H groups in total. The highest BCUT2D eigenvalue weighted by atomic mass is 16.5. The summed E-state index contributed by atoms with van der Waals surface area (Å²) in [4.78, 5) is 22.7. The van der Waals surface area contributed by atoms with Crippen LogP contribution in [0.2, 0.25) is 0 Å². The summed E-state index contributed by atoms with van der Waals surface area (Å²) in [7, 11) is 0. The van der Waals surface area contributed by atoms with Gasteiger partial charge in [-0.05, 0) is 12.0 Å². The van der Waals surface area contributed by atoms with E-state index in [2.05, 4.69) is 29.5 Å². The highest BCUT2D eigenvalue weighted by molar-refractivity contribution is 5.84. The molecule has 0 saturated heterocycles. The number of carboxylic acid groups (broad SMARTS) is 1. The Labute approximate surface area is 139 Å². The molecule has 1 aromatic heterocycles. The molecule has 0 aliphatic heterocycles. The number of para-hydroxylation sites is 1. The first-order valence-electron chi connectivity index (χ1n) is 7.56. The maximum atomic E-state index is 12.0. The molecule has 1 heterocycles. The Morgan fingerprint density at radius 2 is 2.08 bits per heavy atom. The van der Waals surface area contributed by atoms with Gasteiger partial charge >= 0.3 is 5.97 Å². The van der Waals surface area contributed by atoms with E-state index in [4.69, 9.17) is 9.84 Å². The molecule has 0 aliphatic rings. The van der Waals surface area contributed by atoms with Gasteiger partial charge in [0.1, 0.15) is 12.3 Å². The second-order valence-corrected chi connectivity index (χ2v) is 5.70. The molecule has 0 unspecified atom stereocenters. The number of carboxylic acids is 1. The summed E-state index contributed by atoms with van der Waals surface area (Å²) in [5.74, 6) is -0.336. The van der Waals surface area contributed by atoms with E-state index in [9.17, 15) is 9.59 Å². The fourth-order valence-corrected chi connectivity index (χ4v) is 1.92. The molecule has 2 aromatic rings. The van der Waals surface area contributed by atoms with E-state index < -0.39 is 5.97 Å². The number of hydrogen-bond donors (Lipinski definition) is 2. The van der Waals surface area contributed by atoms with Gasteiger partial charge in [-0.3, -0.25) is 4.79 Å². The molecular weight excluding hydrogens is 312 g/mol. The number of amides is 1. The molecule has 8 nitrogen and oxygen atoms in total. The minimum atomic E-state index is -1.18. The van der Waals surface area contributed by atoms with E-state index >= 15 is 0 Å². The van der Waals surface area contributed by atoms with Crippen LogP contribution >= 0.6 is 0 Å². The first kappa shape index (κ1) is 17.5. The molecule has 0 radical (unpaired) electrons. The maximum Gasteiger partial charge on any atom is 0.358 e. The zero-order chi connectivity index (χ0) is 17.5. The first-order chi connectivity index (χ1) is 11.5. The fourth-order valence-electron chi connectivity index (χ4n) is 1.92. The molecule has 128 valence electrons. The number of carbonyl (C=O) groups is 2. The van der Waals surface area contributed by atoms with Crippen molar-refractivity contribution in [2.75, 3.05) is 6.61 Å². The van der Waals surface area contributed by atoms with Gasteiger partial charge in [0.25, 0.3) is 0 Å². The van der Waals surface area contributed by atoms with Crippen LogP contribution in [0, 0.1) is 5.92 Å². The summed E-state index contributed by atoms with van der Waals surface area (Å²) in [6.07, 6.45) is 1.21. The number of hydrogen-bond acceptors (Lipinski definition) is 5. The van der Waals surface area contributed by atoms with E-state index in [-0.39, 0.29) is 18.1 Å². The fraction of sp³-hybridized carbons (Fsp3) is 0.375. The molecule has 2 rings (SSSR count). The second-order valence-electron chi connectivity index (χ2n) is 5.70. The van der Waals surface area contributed by atoms with Crippen LogP contribution in [-0.2, 0) is 17.9 Å². The Bertz CT molecular complexity index is 712. The number of ether oxygens (including phenoxy) is 1. The summed E-state index contributed by atoms with van der Waals surface area (Å²) in [6, 6.07) is 7.50. The summed E-state index contributed by atoms with van der Waals surface area (Å²) < 4.78 is 6.92. The van der Waals surface area contributed by atoms with Gasteiger partial charge in [-0.2, -0.15) is 0 Å². The standard InChI is InChI=1S/C16H20N4O4/c1-11(2)10-24-14-6-4-3-5-12(14)7-17-15(21)9-20-8-13(16(22)23)18-19-20/h3-6,8,11H,7,9-10H2,1-2H3,(H,17,21)(H,22,23). The van der Waals surface area contributed by atoms with Crippen LogP contribution in [0.3, 0.4) is 0 Å². The minimum absolute atomic E-state index is 0.102. The SMILES string of the molecule is CC(C)COc1ccccc1CNC(=O)Cn1cc(C(=O)O)nn1. The van der Waals surface area contributed by atoms with E-state index in [0.29, 0.717) is 19.1 Å². The summed E-state index contributed by atoms with van der Waals surface area (Å²) in [6.45, 7) is 4.94. The lowest BCUT2D eigenvalue weighted by Gasteiger charge is -2.13. The predicted octanol–water partition coefficient (Wildman–Crippen LogP) is 1.33. The highest BCUT2D eigenvalue weighted by Gasteiger charge is 2.11. The van der Waals surface area contributed by atoms with Crippen LogP contribution in [0.1, 0.15) is 29.9 Å². The third kappa shape index (κ3) is 5.08. The predicted molar refractivity (Wildman–Crippen MR) is 85.6 cm³/mol. The van der Waals surface area contributed by atoms with Gasteiger partial charge in [-0.25, -0.2) is 9.48 Å². The lowest BCUT2D eigenvalue weighted by Crippen LogP contribution is -2.27. The molecular formula is C16H20N4O4. The summed E-state index contributed by atoms with van der Waals surface area (Å²) in [5, 5.41) is 18.6. The van der Waals surface area contributed by atoms with E-state index in [0.717, 1.165) is 11.3 Å². The quantitative estimate of drug-likeness (QED) is 0.755. The van der Waals surface area contributed by atoms with Crippen LogP contribution in [0.25, 0.3) is 0 Å². The molecule has 1 amide bonds. The van der Waals surface area contributed by atoms with Crippen molar-refractivity contribution in [1.29, 1.82) is 0 Å². The number of rotatable bonds is 8. The monoisotopic (exact) mass is 332 g/mol. The number of aromatic carboxylic acids is 1. The molecule has 0 saturated carbocycles. The molecule has 0 aliphatic carbocycles. The molecule has 24 heavy (non-hydrogen) atoms. The largest absolute Gasteiger partial charge is 0.493 e. The van der Waals surface area contributed by atoms with Gasteiger partial charge in [-0.1, -0.05) is 37.3 Å². The topological polar surface area (TPSA) is 106 Å². The molecule has 0 bridgehead atoms. The van der Waals surface area contributed by atoms with Crippen molar-refractivity contribution in [3.63, 3.8) is 0 Å². The van der Waals surface area contributed by atoms with Crippen LogP contribution < -0.4 is 10.1 Å². The van der Waals surface area contributed by atoms with Crippen molar-refractivity contribution in [3.8, 4) is 5.75 Å². The van der Waals surface area contributed by atoms with E-state index in [1.54, 1.807) is 0 Å². The maximum absolute atomic E-state index is 12.0. The van der Waals surface area contributed by atoms with Gasteiger partial charge in [0.15, 0.2) is 5.69 Å². The van der Waals surface area contributed by atoms with E-state index in [1.807, 2.05) is 24.3 Å². The normalized spacial score (nSPS) is 10.6. The minimum Gasteiger partial charge on any atom is -0.493 e. The third-order valence-corrected chi connectivity index (χ3v) is 3.08. The highest BCUT2D eigenvalue weighted by Crippen LogP contribution is 2.18. The Morgan fingerprint density at radius 3 is 2.75 bits per heavy atom. The van der Waals surface area contributed by atoms with Gasteiger partial charge in [0.2, 0.25) is 5.91 Å². The number of benzene rings is 1. The van der Waals surface area contributed by atoms with Crippen molar-refractivity contribution in [2.45, 2.75) is 26.9 Å². The molecule has 1 aromatic carbocycles.